The Bertz CT molecular complexity index is 304. The third-order valence-electron chi connectivity index (χ3n) is 1.87. The summed E-state index contributed by atoms with van der Waals surface area (Å²) in [5.74, 6) is 0. The molecule has 0 saturated carbocycles. The van der Waals surface area contributed by atoms with Crippen LogP contribution in [0.15, 0.2) is 16.7 Å². The third kappa shape index (κ3) is 2.51. The summed E-state index contributed by atoms with van der Waals surface area (Å²) in [6, 6.07) is 1.93. The summed E-state index contributed by atoms with van der Waals surface area (Å²) in [5, 5.41) is 9.05. The maximum atomic E-state index is 9.05. The molecule has 1 rings (SSSR count). The first-order valence-corrected chi connectivity index (χ1v) is 5.00. The third-order valence-corrected chi connectivity index (χ3v) is 2.59. The van der Waals surface area contributed by atoms with Crippen LogP contribution >= 0.6 is 15.9 Å². The molecule has 72 valence electrons. The van der Waals surface area contributed by atoms with E-state index < -0.39 is 0 Å². The monoisotopic (exact) mass is 243 g/mol. The molecule has 0 fully saturated rings. The van der Waals surface area contributed by atoms with E-state index in [1.165, 1.54) is 0 Å². The van der Waals surface area contributed by atoms with E-state index in [1.807, 2.05) is 6.07 Å². The lowest BCUT2D eigenvalue weighted by molar-refractivity contribution is 0.280. The Labute approximate surface area is 87.1 Å². The molecule has 0 bridgehead atoms. The maximum Gasteiger partial charge on any atom is 0.0694 e. The molecular formula is C10H14BrNO. The van der Waals surface area contributed by atoms with Gasteiger partial charge in [-0.25, -0.2) is 0 Å². The van der Waals surface area contributed by atoms with Crippen molar-refractivity contribution >= 4 is 15.9 Å². The minimum atomic E-state index is 0.0324. The fourth-order valence-corrected chi connectivity index (χ4v) is 1.35. The second-order valence-electron chi connectivity index (χ2n) is 4.07. The fraction of sp³-hybridized carbons (Fsp3) is 0.500. The van der Waals surface area contributed by atoms with Crippen LogP contribution in [-0.4, -0.2) is 10.1 Å². The minimum Gasteiger partial charge on any atom is -0.392 e. The predicted octanol–water partition coefficient (Wildman–Crippen LogP) is 2.63. The fourth-order valence-electron chi connectivity index (χ4n) is 1.01. The number of hydrogen-bond acceptors (Lipinski definition) is 2. The summed E-state index contributed by atoms with van der Waals surface area (Å²) in [4.78, 5) is 4.30. The van der Waals surface area contributed by atoms with Crippen molar-refractivity contribution in [2.75, 3.05) is 0 Å². The van der Waals surface area contributed by atoms with E-state index in [-0.39, 0.29) is 12.0 Å². The number of aliphatic hydroxyl groups is 1. The quantitative estimate of drug-likeness (QED) is 0.823. The van der Waals surface area contributed by atoms with Gasteiger partial charge < -0.3 is 5.11 Å². The lowest BCUT2D eigenvalue weighted by Gasteiger charge is -2.18. The van der Waals surface area contributed by atoms with E-state index in [9.17, 15) is 0 Å². The lowest BCUT2D eigenvalue weighted by atomic mass is 9.91. The van der Waals surface area contributed by atoms with Gasteiger partial charge in [0.1, 0.15) is 0 Å². The second kappa shape index (κ2) is 3.76. The summed E-state index contributed by atoms with van der Waals surface area (Å²) in [6.45, 7) is 6.35. The molecule has 1 N–H and O–H groups in total. The van der Waals surface area contributed by atoms with Gasteiger partial charge in [0, 0.05) is 21.8 Å². The second-order valence-corrected chi connectivity index (χ2v) is 4.92. The van der Waals surface area contributed by atoms with Gasteiger partial charge in [-0.1, -0.05) is 20.8 Å². The molecule has 0 aromatic carbocycles. The van der Waals surface area contributed by atoms with Gasteiger partial charge in [-0.2, -0.15) is 0 Å². The van der Waals surface area contributed by atoms with Gasteiger partial charge in [0.05, 0.1) is 6.61 Å². The van der Waals surface area contributed by atoms with Crippen molar-refractivity contribution in [2.24, 2.45) is 0 Å². The molecule has 2 nitrogen and oxygen atoms in total. The molecule has 0 unspecified atom stereocenters. The largest absolute Gasteiger partial charge is 0.392 e. The molecular weight excluding hydrogens is 230 g/mol. The molecule has 0 aliphatic rings. The van der Waals surface area contributed by atoms with Crippen LogP contribution in [0.2, 0.25) is 0 Å². The van der Waals surface area contributed by atoms with Crippen LogP contribution in [0.25, 0.3) is 0 Å². The van der Waals surface area contributed by atoms with Crippen LogP contribution < -0.4 is 0 Å². The van der Waals surface area contributed by atoms with Crippen LogP contribution in [0.4, 0.5) is 0 Å². The van der Waals surface area contributed by atoms with Crippen molar-refractivity contribution in [3.8, 4) is 0 Å². The summed E-state index contributed by atoms with van der Waals surface area (Å²) in [5.41, 5.74) is 1.92. The van der Waals surface area contributed by atoms with Crippen LogP contribution in [0.3, 0.4) is 0 Å². The van der Waals surface area contributed by atoms with Crippen molar-refractivity contribution in [1.29, 1.82) is 0 Å². The minimum absolute atomic E-state index is 0.0324. The highest BCUT2D eigenvalue weighted by molar-refractivity contribution is 9.10. The first-order valence-electron chi connectivity index (χ1n) is 4.21. The molecule has 0 aliphatic heterocycles. The van der Waals surface area contributed by atoms with E-state index in [2.05, 4.69) is 41.7 Å². The van der Waals surface area contributed by atoms with E-state index in [1.54, 1.807) is 6.20 Å². The zero-order valence-corrected chi connectivity index (χ0v) is 9.72. The predicted molar refractivity (Wildman–Crippen MR) is 56.6 cm³/mol. The standard InChI is InChI=1S/C10H14BrNO/c1-10(2,3)9-4-7(6-13)8(11)5-12-9/h4-5,13H,6H2,1-3H3. The van der Waals surface area contributed by atoms with Gasteiger partial charge in [0.2, 0.25) is 0 Å². The summed E-state index contributed by atoms with van der Waals surface area (Å²) < 4.78 is 0.864. The molecule has 0 saturated heterocycles. The molecule has 1 heterocycles. The maximum absolute atomic E-state index is 9.05. The zero-order chi connectivity index (χ0) is 10.1. The Hall–Kier alpha value is -0.410. The first-order chi connectivity index (χ1) is 5.95. The molecule has 0 amide bonds. The van der Waals surface area contributed by atoms with E-state index in [4.69, 9.17) is 5.11 Å². The first kappa shape index (κ1) is 10.7. The highest BCUT2D eigenvalue weighted by Gasteiger charge is 2.16. The van der Waals surface area contributed by atoms with Gasteiger partial charge in [0.25, 0.3) is 0 Å². The van der Waals surface area contributed by atoms with Crippen molar-refractivity contribution in [1.82, 2.24) is 4.98 Å². The van der Waals surface area contributed by atoms with Gasteiger partial charge in [-0.15, -0.1) is 0 Å². The molecule has 1 aromatic rings. The number of nitrogens with zero attached hydrogens (tertiary/aromatic N) is 1. The summed E-state index contributed by atoms with van der Waals surface area (Å²) in [6.07, 6.45) is 1.74. The Morgan fingerprint density at radius 2 is 2.08 bits per heavy atom. The van der Waals surface area contributed by atoms with E-state index >= 15 is 0 Å². The Balaban J connectivity index is 3.14. The number of halogens is 1. The number of pyridine rings is 1. The number of rotatable bonds is 1. The van der Waals surface area contributed by atoms with Gasteiger partial charge >= 0.3 is 0 Å². The van der Waals surface area contributed by atoms with Gasteiger partial charge in [-0.3, -0.25) is 4.98 Å². The van der Waals surface area contributed by atoms with Gasteiger partial charge in [-0.05, 0) is 27.6 Å². The lowest BCUT2D eigenvalue weighted by Crippen LogP contribution is -2.13. The number of hydrogen-bond donors (Lipinski definition) is 1. The average molecular weight is 244 g/mol. The number of aliphatic hydroxyl groups excluding tert-OH is 1. The van der Waals surface area contributed by atoms with Crippen LogP contribution in [0.1, 0.15) is 32.0 Å². The summed E-state index contributed by atoms with van der Waals surface area (Å²) >= 11 is 3.33. The topological polar surface area (TPSA) is 33.1 Å². The molecule has 0 spiro atoms. The zero-order valence-electron chi connectivity index (χ0n) is 8.13. The van der Waals surface area contributed by atoms with E-state index in [0.717, 1.165) is 15.7 Å². The summed E-state index contributed by atoms with van der Waals surface area (Å²) in [7, 11) is 0. The van der Waals surface area contributed by atoms with Crippen LogP contribution in [0, 0.1) is 0 Å². The average Bonchev–Trinajstić information content (AvgIpc) is 2.03. The Morgan fingerprint density at radius 3 is 2.54 bits per heavy atom. The van der Waals surface area contributed by atoms with Crippen molar-refractivity contribution in [3.05, 3.63) is 28.0 Å². The highest BCUT2D eigenvalue weighted by atomic mass is 79.9. The Morgan fingerprint density at radius 1 is 1.46 bits per heavy atom. The Kier molecular flexibility index (Phi) is 3.09. The molecule has 0 radical (unpaired) electrons. The molecule has 13 heavy (non-hydrogen) atoms. The van der Waals surface area contributed by atoms with Crippen molar-refractivity contribution < 1.29 is 5.11 Å². The SMILES string of the molecule is CC(C)(C)c1cc(CO)c(Br)cn1. The molecule has 0 aliphatic carbocycles. The normalized spacial score (nSPS) is 11.8. The molecule has 3 heteroatoms. The molecule has 1 aromatic heterocycles. The van der Waals surface area contributed by atoms with Crippen LogP contribution in [-0.2, 0) is 12.0 Å². The van der Waals surface area contributed by atoms with Gasteiger partial charge in [0.15, 0.2) is 0 Å². The number of aromatic nitrogens is 1. The smallest absolute Gasteiger partial charge is 0.0694 e. The molecule has 0 atom stereocenters. The highest BCUT2D eigenvalue weighted by Crippen LogP contribution is 2.24. The van der Waals surface area contributed by atoms with Crippen LogP contribution in [0.5, 0.6) is 0 Å². The van der Waals surface area contributed by atoms with Crippen molar-refractivity contribution in [3.63, 3.8) is 0 Å². The van der Waals surface area contributed by atoms with Crippen molar-refractivity contribution in [2.45, 2.75) is 32.8 Å². The van der Waals surface area contributed by atoms with E-state index in [0.29, 0.717) is 0 Å².